The van der Waals surface area contributed by atoms with E-state index < -0.39 is 35.5 Å². The molecule has 5 aromatic rings. The standard InChI is InChI=1S/C45H38N4O5/c1-26-24-27(12-23-38(26)50)39-34-21-22-35-40(44(53)48(42(35)51)32-17-13-30(14-18-32)46-28-8-4-2-5-9-28)36(34)25-37-41(39)45(54)49(43(37)52)33-19-15-31(16-20-33)47-29-10-6-3-7-11-29/h2-21,23-24,35-37,39-41,46-47,50H,22,25H2,1H3/t35-,36+,37+,39-,40-,41+/m0/s1. The molecular formula is C45H38N4O5. The SMILES string of the molecule is Cc1cc([C@H]2C3=CC[C@@H]4C(=O)N(c5ccc(Nc6ccccc6)cc5)C(=O)[C@@H]4[C@@H]3C[C@H]3C(=O)N(c4ccc(Nc5ccccc5)cc4)C(=O)[C@@H]23)ccc1O. The predicted molar refractivity (Wildman–Crippen MR) is 208 cm³/mol. The summed E-state index contributed by atoms with van der Waals surface area (Å²) in [6.07, 6.45) is 2.69. The van der Waals surface area contributed by atoms with Crippen molar-refractivity contribution in [3.05, 3.63) is 150 Å². The van der Waals surface area contributed by atoms with Gasteiger partial charge in [-0.2, -0.15) is 0 Å². The number of anilines is 6. The second-order valence-electron chi connectivity index (χ2n) is 14.7. The van der Waals surface area contributed by atoms with Crippen molar-refractivity contribution in [1.29, 1.82) is 0 Å². The van der Waals surface area contributed by atoms with Crippen molar-refractivity contribution < 1.29 is 24.3 Å². The number of hydrogen-bond acceptors (Lipinski definition) is 7. The summed E-state index contributed by atoms with van der Waals surface area (Å²) in [5.41, 5.74) is 6.84. The molecule has 1 saturated carbocycles. The molecule has 9 heteroatoms. The van der Waals surface area contributed by atoms with Crippen LogP contribution in [0.2, 0.25) is 0 Å². The largest absolute Gasteiger partial charge is 0.508 e. The van der Waals surface area contributed by atoms with Crippen LogP contribution in [0, 0.1) is 36.5 Å². The van der Waals surface area contributed by atoms with Crippen LogP contribution in [0.25, 0.3) is 0 Å². The van der Waals surface area contributed by atoms with Crippen LogP contribution in [-0.4, -0.2) is 28.7 Å². The van der Waals surface area contributed by atoms with Gasteiger partial charge in [-0.25, -0.2) is 0 Å². The smallest absolute Gasteiger partial charge is 0.238 e. The number of hydrogen-bond donors (Lipinski definition) is 3. The molecule has 2 aliphatic heterocycles. The Morgan fingerprint density at radius 1 is 0.556 bits per heavy atom. The number of allylic oxidation sites excluding steroid dienone is 2. The van der Waals surface area contributed by atoms with E-state index in [1.54, 1.807) is 37.3 Å². The van der Waals surface area contributed by atoms with Gasteiger partial charge in [0.15, 0.2) is 0 Å². The van der Waals surface area contributed by atoms with Crippen LogP contribution in [0.4, 0.5) is 34.1 Å². The Kier molecular flexibility index (Phi) is 8.14. The van der Waals surface area contributed by atoms with Crippen molar-refractivity contribution >= 4 is 57.8 Å². The summed E-state index contributed by atoms with van der Waals surface area (Å²) in [5, 5.41) is 17.1. The van der Waals surface area contributed by atoms with E-state index in [2.05, 4.69) is 10.6 Å². The first-order valence-electron chi connectivity index (χ1n) is 18.4. The monoisotopic (exact) mass is 714 g/mol. The van der Waals surface area contributed by atoms with Gasteiger partial charge in [0.05, 0.1) is 35.0 Å². The molecule has 0 unspecified atom stereocenters. The number of phenols is 1. The van der Waals surface area contributed by atoms with Gasteiger partial charge in [0, 0.05) is 28.7 Å². The lowest BCUT2D eigenvalue weighted by atomic mass is 9.57. The first-order valence-corrected chi connectivity index (χ1v) is 18.4. The Labute approximate surface area is 312 Å². The molecule has 0 bridgehead atoms. The zero-order valence-corrected chi connectivity index (χ0v) is 29.6. The van der Waals surface area contributed by atoms with Crippen molar-refractivity contribution in [2.24, 2.45) is 29.6 Å². The second-order valence-corrected chi connectivity index (χ2v) is 14.7. The average Bonchev–Trinajstić information content (AvgIpc) is 3.60. The van der Waals surface area contributed by atoms with Gasteiger partial charge in [0.25, 0.3) is 0 Å². The molecule has 2 saturated heterocycles. The minimum Gasteiger partial charge on any atom is -0.508 e. The van der Waals surface area contributed by atoms with E-state index in [1.165, 1.54) is 9.80 Å². The summed E-state index contributed by atoms with van der Waals surface area (Å²) in [4.78, 5) is 60.1. The number of imide groups is 2. The minimum atomic E-state index is -0.699. The van der Waals surface area contributed by atoms with Crippen molar-refractivity contribution in [3.8, 4) is 5.75 Å². The number of amides is 4. The molecule has 5 aromatic carbocycles. The van der Waals surface area contributed by atoms with Gasteiger partial charge in [-0.05, 0) is 116 Å². The summed E-state index contributed by atoms with van der Waals surface area (Å²) in [6.45, 7) is 1.80. The van der Waals surface area contributed by atoms with Crippen LogP contribution in [0.15, 0.2) is 139 Å². The van der Waals surface area contributed by atoms with Crippen LogP contribution in [0.3, 0.4) is 0 Å². The van der Waals surface area contributed by atoms with E-state index >= 15 is 0 Å². The van der Waals surface area contributed by atoms with Crippen molar-refractivity contribution in [3.63, 3.8) is 0 Å². The normalized spacial score (nSPS) is 24.5. The molecule has 0 radical (unpaired) electrons. The lowest BCUT2D eigenvalue weighted by Crippen LogP contribution is -2.43. The Morgan fingerprint density at radius 2 is 1.06 bits per heavy atom. The highest BCUT2D eigenvalue weighted by Gasteiger charge is 2.62. The van der Waals surface area contributed by atoms with E-state index in [0.717, 1.165) is 33.9 Å². The molecule has 9 nitrogen and oxygen atoms in total. The Bertz CT molecular complexity index is 2320. The highest BCUT2D eigenvalue weighted by molar-refractivity contribution is 6.24. The molecule has 2 heterocycles. The van der Waals surface area contributed by atoms with E-state index in [0.29, 0.717) is 23.4 Å². The molecule has 0 spiro atoms. The fourth-order valence-corrected chi connectivity index (χ4v) is 9.11. The van der Waals surface area contributed by atoms with Gasteiger partial charge in [0.2, 0.25) is 23.6 Å². The highest BCUT2D eigenvalue weighted by Crippen LogP contribution is 2.58. The third-order valence-corrected chi connectivity index (χ3v) is 11.6. The van der Waals surface area contributed by atoms with Crippen molar-refractivity contribution in [2.45, 2.75) is 25.7 Å². The van der Waals surface area contributed by atoms with Gasteiger partial charge in [0.1, 0.15) is 5.75 Å². The summed E-state index contributed by atoms with van der Waals surface area (Å²) < 4.78 is 0. The summed E-state index contributed by atoms with van der Waals surface area (Å²) >= 11 is 0. The summed E-state index contributed by atoms with van der Waals surface area (Å²) in [6, 6.07) is 39.3. The Morgan fingerprint density at radius 3 is 1.59 bits per heavy atom. The van der Waals surface area contributed by atoms with Crippen LogP contribution >= 0.6 is 0 Å². The quantitative estimate of drug-likeness (QED) is 0.115. The maximum Gasteiger partial charge on any atom is 0.238 e. The van der Waals surface area contributed by atoms with E-state index in [9.17, 15) is 24.3 Å². The molecule has 268 valence electrons. The number of nitrogens with one attached hydrogen (secondary N) is 2. The fraction of sp³-hybridized carbons (Fsp3) is 0.200. The van der Waals surface area contributed by atoms with E-state index in [1.807, 2.05) is 103 Å². The minimum absolute atomic E-state index is 0.136. The Hall–Kier alpha value is -6.48. The number of para-hydroxylation sites is 2. The number of fused-ring (bicyclic) bond motifs is 4. The second kappa shape index (κ2) is 13.2. The number of carbonyl (C=O) groups is 4. The number of aryl methyl sites for hydroxylation is 1. The first-order chi connectivity index (χ1) is 26.3. The maximum atomic E-state index is 14.5. The number of carbonyl (C=O) groups excluding carboxylic acids is 4. The van der Waals surface area contributed by atoms with Gasteiger partial charge in [-0.15, -0.1) is 0 Å². The molecular weight excluding hydrogens is 677 g/mol. The van der Waals surface area contributed by atoms with Gasteiger partial charge >= 0.3 is 0 Å². The number of aromatic hydroxyl groups is 1. The Balaban J connectivity index is 1.04. The summed E-state index contributed by atoms with van der Waals surface area (Å²) in [5.74, 6) is -4.53. The molecule has 3 fully saturated rings. The van der Waals surface area contributed by atoms with Crippen LogP contribution in [0.5, 0.6) is 5.75 Å². The van der Waals surface area contributed by atoms with Crippen molar-refractivity contribution in [2.75, 3.05) is 20.4 Å². The lowest BCUT2D eigenvalue weighted by molar-refractivity contribution is -0.126. The summed E-state index contributed by atoms with van der Waals surface area (Å²) in [7, 11) is 0. The van der Waals surface area contributed by atoms with Crippen LogP contribution in [-0.2, 0) is 19.2 Å². The molecule has 9 rings (SSSR count). The third kappa shape index (κ3) is 5.55. The molecule has 4 aliphatic rings. The fourth-order valence-electron chi connectivity index (χ4n) is 9.11. The van der Waals surface area contributed by atoms with Crippen LogP contribution in [0.1, 0.15) is 29.9 Å². The van der Waals surface area contributed by atoms with E-state index in [-0.39, 0.29) is 35.8 Å². The molecule has 54 heavy (non-hydrogen) atoms. The molecule has 3 N–H and O–H groups in total. The number of rotatable bonds is 7. The van der Waals surface area contributed by atoms with Gasteiger partial charge < -0.3 is 15.7 Å². The average molecular weight is 715 g/mol. The topological polar surface area (TPSA) is 119 Å². The molecule has 4 amide bonds. The molecule has 0 aromatic heterocycles. The zero-order chi connectivity index (χ0) is 37.1. The number of nitrogens with zero attached hydrogens (tertiary/aromatic N) is 2. The number of phenolic OH excluding ortho intramolecular Hbond substituents is 1. The van der Waals surface area contributed by atoms with Crippen molar-refractivity contribution in [1.82, 2.24) is 0 Å². The first kappa shape index (κ1) is 33.4. The molecule has 6 atom stereocenters. The maximum absolute atomic E-state index is 14.5. The zero-order valence-electron chi connectivity index (χ0n) is 29.6. The lowest BCUT2D eigenvalue weighted by Gasteiger charge is -2.44. The number of benzene rings is 5. The van der Waals surface area contributed by atoms with Gasteiger partial charge in [-0.3, -0.25) is 29.0 Å². The van der Waals surface area contributed by atoms with E-state index in [4.69, 9.17) is 0 Å². The molecule has 2 aliphatic carbocycles. The van der Waals surface area contributed by atoms with Gasteiger partial charge in [-0.1, -0.05) is 60.2 Å². The van der Waals surface area contributed by atoms with Crippen LogP contribution < -0.4 is 20.4 Å². The highest BCUT2D eigenvalue weighted by atomic mass is 16.3. The third-order valence-electron chi connectivity index (χ3n) is 11.6. The predicted octanol–water partition coefficient (Wildman–Crippen LogP) is 8.23.